The first-order valence-electron chi connectivity index (χ1n) is 8.65. The van der Waals surface area contributed by atoms with Gasteiger partial charge in [0.15, 0.2) is 6.61 Å². The van der Waals surface area contributed by atoms with Gasteiger partial charge in [0.1, 0.15) is 0 Å². The molecule has 2 amide bonds. The molecule has 2 N–H and O–H groups in total. The van der Waals surface area contributed by atoms with Crippen LogP contribution in [0.5, 0.6) is 5.88 Å². The number of amides is 2. The number of rotatable bonds is 7. The van der Waals surface area contributed by atoms with Crippen molar-refractivity contribution in [2.75, 3.05) is 39.5 Å². The average molecular weight is 390 g/mol. The molecule has 0 aliphatic carbocycles. The van der Waals surface area contributed by atoms with Crippen LogP contribution in [0.25, 0.3) is 0 Å². The van der Waals surface area contributed by atoms with E-state index in [-0.39, 0.29) is 24.0 Å². The largest absolute Gasteiger partial charge is 0.468 e. The standard InChI is InChI=1S/C17H25F3N4O3/c1-16(2,24-5-7-26-8-6-24)11-23-15(25)22-10-13-3-4-21-14(9-13)27-12-17(18,19)20/h3-4,9H,5-8,10-12H2,1-2H3,(H2,22,23,25). The third-order valence-corrected chi connectivity index (χ3v) is 4.18. The number of nitrogens with zero attached hydrogens (tertiary/aromatic N) is 2. The Bertz CT molecular complexity index is 620. The number of carbonyl (C=O) groups is 1. The highest BCUT2D eigenvalue weighted by molar-refractivity contribution is 5.73. The van der Waals surface area contributed by atoms with Crippen molar-refractivity contribution in [3.05, 3.63) is 23.9 Å². The summed E-state index contributed by atoms with van der Waals surface area (Å²) in [4.78, 5) is 18.0. The molecule has 2 heterocycles. The second kappa shape index (κ2) is 9.23. The van der Waals surface area contributed by atoms with E-state index in [1.54, 1.807) is 6.07 Å². The van der Waals surface area contributed by atoms with Crippen LogP contribution in [0, 0.1) is 0 Å². The number of hydrogen-bond acceptors (Lipinski definition) is 5. The van der Waals surface area contributed by atoms with Crippen LogP contribution in [0.1, 0.15) is 19.4 Å². The molecule has 1 saturated heterocycles. The molecule has 152 valence electrons. The number of aromatic nitrogens is 1. The molecule has 1 aliphatic rings. The molecule has 1 aromatic rings. The average Bonchev–Trinajstić information content (AvgIpc) is 2.64. The molecule has 0 radical (unpaired) electrons. The van der Waals surface area contributed by atoms with Gasteiger partial charge in [0.05, 0.1) is 13.2 Å². The zero-order valence-electron chi connectivity index (χ0n) is 15.4. The number of hydrogen-bond donors (Lipinski definition) is 2. The Labute approximate surface area is 156 Å². The Kier molecular flexibility index (Phi) is 7.25. The molecular formula is C17H25F3N4O3. The summed E-state index contributed by atoms with van der Waals surface area (Å²) in [6.07, 6.45) is -3.09. The van der Waals surface area contributed by atoms with Crippen molar-refractivity contribution in [3.8, 4) is 5.88 Å². The molecular weight excluding hydrogens is 365 g/mol. The third-order valence-electron chi connectivity index (χ3n) is 4.18. The highest BCUT2D eigenvalue weighted by Crippen LogP contribution is 2.18. The topological polar surface area (TPSA) is 75.7 Å². The van der Waals surface area contributed by atoms with E-state index >= 15 is 0 Å². The highest BCUT2D eigenvalue weighted by atomic mass is 19.4. The lowest BCUT2D eigenvalue weighted by Crippen LogP contribution is -2.56. The zero-order valence-corrected chi connectivity index (χ0v) is 15.4. The van der Waals surface area contributed by atoms with E-state index in [0.29, 0.717) is 25.3 Å². The van der Waals surface area contributed by atoms with Crippen LogP contribution in [-0.4, -0.2) is 67.1 Å². The molecule has 0 bridgehead atoms. The second-order valence-corrected chi connectivity index (χ2v) is 6.85. The number of alkyl halides is 3. The fourth-order valence-corrected chi connectivity index (χ4v) is 2.62. The molecule has 10 heteroatoms. The monoisotopic (exact) mass is 390 g/mol. The predicted octanol–water partition coefficient (Wildman–Crippen LogP) is 1.93. The van der Waals surface area contributed by atoms with Crippen LogP contribution in [0.3, 0.4) is 0 Å². The van der Waals surface area contributed by atoms with Crippen molar-refractivity contribution in [3.63, 3.8) is 0 Å². The molecule has 0 spiro atoms. The van der Waals surface area contributed by atoms with Gasteiger partial charge in [-0.2, -0.15) is 13.2 Å². The van der Waals surface area contributed by atoms with Crippen molar-refractivity contribution < 1.29 is 27.4 Å². The summed E-state index contributed by atoms with van der Waals surface area (Å²) in [6, 6.07) is 2.60. The number of halogens is 3. The quantitative estimate of drug-likeness (QED) is 0.744. The molecule has 1 fully saturated rings. The van der Waals surface area contributed by atoms with Crippen LogP contribution < -0.4 is 15.4 Å². The SMILES string of the molecule is CC(C)(CNC(=O)NCc1ccnc(OCC(F)(F)F)c1)N1CCOCC1. The lowest BCUT2D eigenvalue weighted by Gasteiger charge is -2.40. The molecule has 27 heavy (non-hydrogen) atoms. The van der Waals surface area contributed by atoms with Crippen LogP contribution in [0.15, 0.2) is 18.3 Å². The number of ether oxygens (including phenoxy) is 2. The predicted molar refractivity (Wildman–Crippen MR) is 92.5 cm³/mol. The van der Waals surface area contributed by atoms with E-state index in [0.717, 1.165) is 13.1 Å². The van der Waals surface area contributed by atoms with Gasteiger partial charge in [-0.1, -0.05) is 0 Å². The first-order chi connectivity index (χ1) is 12.7. The molecule has 0 saturated carbocycles. The molecule has 2 rings (SSSR count). The van der Waals surface area contributed by atoms with E-state index in [4.69, 9.17) is 4.74 Å². The Morgan fingerprint density at radius 3 is 2.67 bits per heavy atom. The van der Waals surface area contributed by atoms with E-state index in [9.17, 15) is 18.0 Å². The van der Waals surface area contributed by atoms with E-state index in [2.05, 4.69) is 25.3 Å². The van der Waals surface area contributed by atoms with Gasteiger partial charge in [0, 0.05) is 44.0 Å². The number of nitrogens with one attached hydrogen (secondary N) is 2. The Morgan fingerprint density at radius 1 is 1.30 bits per heavy atom. The van der Waals surface area contributed by atoms with Crippen molar-refractivity contribution in [1.29, 1.82) is 0 Å². The van der Waals surface area contributed by atoms with E-state index < -0.39 is 12.8 Å². The summed E-state index contributed by atoms with van der Waals surface area (Å²) in [7, 11) is 0. The van der Waals surface area contributed by atoms with Gasteiger partial charge in [-0.05, 0) is 25.5 Å². The Morgan fingerprint density at radius 2 is 2.00 bits per heavy atom. The fourth-order valence-electron chi connectivity index (χ4n) is 2.62. The lowest BCUT2D eigenvalue weighted by molar-refractivity contribution is -0.154. The van der Waals surface area contributed by atoms with Gasteiger partial charge in [-0.3, -0.25) is 4.90 Å². The maximum atomic E-state index is 12.2. The minimum absolute atomic E-state index is 0.138. The van der Waals surface area contributed by atoms with E-state index in [1.165, 1.54) is 12.3 Å². The van der Waals surface area contributed by atoms with Crippen molar-refractivity contribution >= 4 is 6.03 Å². The smallest absolute Gasteiger partial charge is 0.422 e. The number of pyridine rings is 1. The van der Waals surface area contributed by atoms with Gasteiger partial charge < -0.3 is 20.1 Å². The zero-order chi connectivity index (χ0) is 19.9. The van der Waals surface area contributed by atoms with Gasteiger partial charge in [-0.15, -0.1) is 0 Å². The highest BCUT2D eigenvalue weighted by Gasteiger charge is 2.29. The first-order valence-corrected chi connectivity index (χ1v) is 8.65. The normalized spacial score (nSPS) is 16.0. The maximum absolute atomic E-state index is 12.2. The van der Waals surface area contributed by atoms with Gasteiger partial charge in [-0.25, -0.2) is 9.78 Å². The molecule has 1 aromatic heterocycles. The second-order valence-electron chi connectivity index (χ2n) is 6.85. The lowest BCUT2D eigenvalue weighted by atomic mass is 10.0. The Balaban J connectivity index is 1.76. The summed E-state index contributed by atoms with van der Waals surface area (Å²) in [6.45, 7) is 6.27. The van der Waals surface area contributed by atoms with Gasteiger partial charge >= 0.3 is 12.2 Å². The molecule has 0 aromatic carbocycles. The van der Waals surface area contributed by atoms with Crippen molar-refractivity contribution in [1.82, 2.24) is 20.5 Å². The van der Waals surface area contributed by atoms with Gasteiger partial charge in [0.2, 0.25) is 5.88 Å². The molecule has 0 unspecified atom stereocenters. The van der Waals surface area contributed by atoms with Crippen LogP contribution >= 0.6 is 0 Å². The number of carbonyl (C=O) groups excluding carboxylic acids is 1. The summed E-state index contributed by atoms with van der Waals surface area (Å²) >= 11 is 0. The Hall–Kier alpha value is -2.07. The maximum Gasteiger partial charge on any atom is 0.422 e. The summed E-state index contributed by atoms with van der Waals surface area (Å²) in [5, 5.41) is 5.50. The minimum atomic E-state index is -4.43. The molecule has 7 nitrogen and oxygen atoms in total. The summed E-state index contributed by atoms with van der Waals surface area (Å²) in [5.41, 5.74) is 0.376. The van der Waals surface area contributed by atoms with E-state index in [1.807, 2.05) is 13.8 Å². The van der Waals surface area contributed by atoms with Gasteiger partial charge in [0.25, 0.3) is 0 Å². The first kappa shape index (κ1) is 21.2. The van der Waals surface area contributed by atoms with Crippen LogP contribution in [-0.2, 0) is 11.3 Å². The number of morpholine rings is 1. The van der Waals surface area contributed by atoms with Crippen molar-refractivity contribution in [2.24, 2.45) is 0 Å². The minimum Gasteiger partial charge on any atom is -0.468 e. The summed E-state index contributed by atoms with van der Waals surface area (Å²) < 4.78 is 46.5. The number of urea groups is 1. The third kappa shape index (κ3) is 7.59. The molecule has 1 aliphatic heterocycles. The fraction of sp³-hybridized carbons (Fsp3) is 0.647. The molecule has 0 atom stereocenters. The van der Waals surface area contributed by atoms with Crippen molar-refractivity contribution in [2.45, 2.75) is 32.1 Å². The summed E-state index contributed by atoms with van der Waals surface area (Å²) in [5.74, 6) is -0.138. The van der Waals surface area contributed by atoms with Crippen LogP contribution in [0.4, 0.5) is 18.0 Å². The van der Waals surface area contributed by atoms with Crippen LogP contribution in [0.2, 0.25) is 0 Å².